The van der Waals surface area contributed by atoms with Crippen LogP contribution in [0.1, 0.15) is 26.3 Å². The lowest BCUT2D eigenvalue weighted by Gasteiger charge is -2.19. The normalized spacial score (nSPS) is 12.7. The summed E-state index contributed by atoms with van der Waals surface area (Å²) in [5.41, 5.74) is 5.62. The maximum Gasteiger partial charge on any atom is 0.437 e. The molecule has 0 aliphatic heterocycles. The molecule has 1 radical (unpaired) electrons. The summed E-state index contributed by atoms with van der Waals surface area (Å²) in [6, 6.07) is 4.63. The molecule has 1 aromatic rings. The number of halogens is 1. The van der Waals surface area contributed by atoms with Gasteiger partial charge in [-0.05, 0) is 44.9 Å². The number of nitrogens with zero attached hydrogens (tertiary/aromatic N) is 1. The third kappa shape index (κ3) is 5.79. The van der Waals surface area contributed by atoms with Gasteiger partial charge >= 0.3 is 6.09 Å². The first kappa shape index (κ1) is 16.1. The smallest absolute Gasteiger partial charge is 0.437 e. The van der Waals surface area contributed by atoms with Crippen LogP contribution in [0.15, 0.2) is 24.3 Å². The van der Waals surface area contributed by atoms with Crippen molar-refractivity contribution in [2.24, 2.45) is 5.73 Å². The lowest BCUT2D eigenvalue weighted by Crippen LogP contribution is -2.42. The largest absolute Gasteiger partial charge is 0.442 e. The van der Waals surface area contributed by atoms with Crippen molar-refractivity contribution in [3.8, 4) is 0 Å². The van der Waals surface area contributed by atoms with E-state index >= 15 is 0 Å². The predicted octanol–water partition coefficient (Wildman–Crippen LogP) is 1.76. The molecule has 0 saturated carbocycles. The summed E-state index contributed by atoms with van der Waals surface area (Å²) >= 11 is 0. The summed E-state index contributed by atoms with van der Waals surface area (Å²) in [4.78, 5) is 23.0. The number of carbonyl (C=O) groups excluding carboxylic acids is 2. The van der Waals surface area contributed by atoms with E-state index in [1.54, 1.807) is 20.8 Å². The van der Waals surface area contributed by atoms with Gasteiger partial charge in [0.2, 0.25) is 0 Å². The highest BCUT2D eigenvalue weighted by atomic mass is 19.1. The number of amides is 2. The van der Waals surface area contributed by atoms with Gasteiger partial charge in [-0.2, -0.15) is 0 Å². The molecule has 0 bridgehead atoms. The molecule has 2 N–H and O–H groups in total. The Morgan fingerprint density at radius 1 is 1.30 bits per heavy atom. The number of hydrogen-bond acceptors (Lipinski definition) is 4. The van der Waals surface area contributed by atoms with Crippen LogP contribution in [0.3, 0.4) is 0 Å². The van der Waals surface area contributed by atoms with Crippen LogP contribution >= 0.6 is 0 Å². The Morgan fingerprint density at radius 2 is 1.85 bits per heavy atom. The van der Waals surface area contributed by atoms with Crippen LogP contribution < -0.4 is 11.1 Å². The van der Waals surface area contributed by atoms with Crippen LogP contribution in [0.4, 0.5) is 9.18 Å². The molecule has 2 amide bonds. The molecule has 1 rings (SSSR count). The van der Waals surface area contributed by atoms with Gasteiger partial charge in [-0.3, -0.25) is 4.79 Å². The molecule has 0 aromatic heterocycles. The van der Waals surface area contributed by atoms with Gasteiger partial charge in [-0.15, -0.1) is 5.32 Å². The minimum atomic E-state index is -0.965. The number of ether oxygens (including phenoxy) is 1. The molecule has 0 fully saturated rings. The van der Waals surface area contributed by atoms with Gasteiger partial charge in [0.25, 0.3) is 5.91 Å². The highest BCUT2D eigenvalue weighted by molar-refractivity contribution is 5.94. The fraction of sp³-hybridized carbons (Fsp3) is 0.429. The third-order valence-corrected chi connectivity index (χ3v) is 2.28. The number of benzene rings is 1. The molecule has 0 aliphatic rings. The van der Waals surface area contributed by atoms with E-state index in [9.17, 15) is 14.0 Å². The first-order valence-electron chi connectivity index (χ1n) is 6.16. The van der Waals surface area contributed by atoms with E-state index < -0.39 is 23.6 Å². The molecule has 109 valence electrons. The van der Waals surface area contributed by atoms with Crippen LogP contribution in [0, 0.1) is 5.82 Å². The average molecular weight is 281 g/mol. The zero-order valence-corrected chi connectivity index (χ0v) is 11.7. The fourth-order valence-corrected chi connectivity index (χ4v) is 1.42. The Hall–Kier alpha value is -1.95. The summed E-state index contributed by atoms with van der Waals surface area (Å²) in [5.74, 6) is -1.13. The van der Waals surface area contributed by atoms with Gasteiger partial charge in [0, 0.05) is 0 Å². The number of rotatable bonds is 3. The molecular weight excluding hydrogens is 263 g/mol. The first-order chi connectivity index (χ1) is 9.17. The van der Waals surface area contributed by atoms with Crippen molar-refractivity contribution in [3.05, 3.63) is 35.6 Å². The van der Waals surface area contributed by atoms with Crippen molar-refractivity contribution in [1.29, 1.82) is 0 Å². The first-order valence-corrected chi connectivity index (χ1v) is 6.16. The van der Waals surface area contributed by atoms with E-state index in [1.165, 1.54) is 24.3 Å². The van der Waals surface area contributed by atoms with E-state index in [4.69, 9.17) is 10.5 Å². The summed E-state index contributed by atoms with van der Waals surface area (Å²) in [6.45, 7) is 5.01. The van der Waals surface area contributed by atoms with E-state index in [1.807, 2.05) is 0 Å². The number of imide groups is 1. The van der Waals surface area contributed by atoms with Crippen molar-refractivity contribution in [2.45, 2.75) is 38.8 Å². The zero-order chi connectivity index (χ0) is 15.3. The van der Waals surface area contributed by atoms with Crippen LogP contribution in [0.2, 0.25) is 0 Å². The quantitative estimate of drug-likeness (QED) is 0.915. The molecule has 20 heavy (non-hydrogen) atoms. The predicted molar refractivity (Wildman–Crippen MR) is 71.5 cm³/mol. The molecule has 6 heteroatoms. The second-order valence-corrected chi connectivity index (χ2v) is 5.37. The standard InChI is InChI=1S/C14H18FN2O3/c1-14(2,3)20-13(19)17-12(18)11(16)8-9-4-6-10(15)7-5-9/h4-7,11H,8,16H2,1-3H3/t11-/m0/s1. The molecule has 0 aliphatic carbocycles. The maximum absolute atomic E-state index is 12.7. The Kier molecular flexibility index (Phi) is 5.21. The Morgan fingerprint density at radius 3 is 2.35 bits per heavy atom. The minimum Gasteiger partial charge on any atom is -0.442 e. The fourth-order valence-electron chi connectivity index (χ4n) is 1.42. The number of hydrogen-bond donors (Lipinski definition) is 1. The van der Waals surface area contributed by atoms with Gasteiger partial charge in [-0.1, -0.05) is 12.1 Å². The molecule has 0 unspecified atom stereocenters. The van der Waals surface area contributed by atoms with Crippen molar-refractivity contribution in [3.63, 3.8) is 0 Å². The number of nitrogens with two attached hydrogens (primary N) is 1. The number of carbonyl (C=O) groups is 2. The Bertz CT molecular complexity index is 480. The summed E-state index contributed by atoms with van der Waals surface area (Å²) in [6.07, 6.45) is -0.789. The molecule has 0 heterocycles. The minimum absolute atomic E-state index is 0.172. The van der Waals surface area contributed by atoms with E-state index in [-0.39, 0.29) is 12.2 Å². The Balaban J connectivity index is 2.51. The van der Waals surface area contributed by atoms with Gasteiger partial charge in [0.15, 0.2) is 0 Å². The van der Waals surface area contributed by atoms with Crippen molar-refractivity contribution >= 4 is 12.0 Å². The SMILES string of the molecule is CC(C)(C)OC(=O)[N]C(=O)[C@@H](N)Cc1ccc(F)cc1. The van der Waals surface area contributed by atoms with E-state index in [0.29, 0.717) is 5.56 Å². The molecular formula is C14H18FN2O3. The van der Waals surface area contributed by atoms with Gasteiger partial charge in [-0.25, -0.2) is 9.18 Å². The second kappa shape index (κ2) is 6.47. The average Bonchev–Trinajstić information content (AvgIpc) is 2.29. The van der Waals surface area contributed by atoms with Crippen molar-refractivity contribution < 1.29 is 18.7 Å². The van der Waals surface area contributed by atoms with E-state index in [0.717, 1.165) is 0 Å². The highest BCUT2D eigenvalue weighted by Crippen LogP contribution is 2.08. The lowest BCUT2D eigenvalue weighted by molar-refractivity contribution is -0.122. The van der Waals surface area contributed by atoms with E-state index in [2.05, 4.69) is 5.32 Å². The maximum atomic E-state index is 12.7. The summed E-state index contributed by atoms with van der Waals surface area (Å²) < 4.78 is 17.6. The van der Waals surface area contributed by atoms with Gasteiger partial charge < -0.3 is 10.5 Å². The highest BCUT2D eigenvalue weighted by Gasteiger charge is 2.23. The molecule has 0 spiro atoms. The molecule has 1 atom stereocenters. The van der Waals surface area contributed by atoms with Crippen LogP contribution in [0.25, 0.3) is 0 Å². The molecule has 1 aromatic carbocycles. The van der Waals surface area contributed by atoms with Gasteiger partial charge in [0.1, 0.15) is 11.4 Å². The third-order valence-electron chi connectivity index (χ3n) is 2.28. The molecule has 0 saturated heterocycles. The summed E-state index contributed by atoms with van der Waals surface area (Å²) in [5, 5.41) is 3.28. The topological polar surface area (TPSA) is 83.5 Å². The Labute approximate surface area is 117 Å². The molecule has 5 nitrogen and oxygen atoms in total. The summed E-state index contributed by atoms with van der Waals surface area (Å²) in [7, 11) is 0. The second-order valence-electron chi connectivity index (χ2n) is 5.37. The van der Waals surface area contributed by atoms with Crippen molar-refractivity contribution in [1.82, 2.24) is 5.32 Å². The van der Waals surface area contributed by atoms with Crippen LogP contribution in [-0.2, 0) is 16.0 Å². The monoisotopic (exact) mass is 281 g/mol. The van der Waals surface area contributed by atoms with Crippen molar-refractivity contribution in [2.75, 3.05) is 0 Å². The van der Waals surface area contributed by atoms with Gasteiger partial charge in [0.05, 0.1) is 6.04 Å². The van der Waals surface area contributed by atoms with Crippen LogP contribution in [0.5, 0.6) is 0 Å². The lowest BCUT2D eigenvalue weighted by atomic mass is 10.1. The van der Waals surface area contributed by atoms with Crippen LogP contribution in [-0.4, -0.2) is 23.6 Å². The zero-order valence-electron chi connectivity index (χ0n) is 11.7.